The summed E-state index contributed by atoms with van der Waals surface area (Å²) in [5, 5.41) is 2.38. The van der Waals surface area contributed by atoms with E-state index in [-0.39, 0.29) is 0 Å². The average Bonchev–Trinajstić information content (AvgIpc) is 2.80. The molecule has 0 aliphatic carbocycles. The van der Waals surface area contributed by atoms with E-state index in [2.05, 4.69) is 31.3 Å². The van der Waals surface area contributed by atoms with E-state index in [1.165, 1.54) is 129 Å². The van der Waals surface area contributed by atoms with Crippen molar-refractivity contribution in [2.24, 2.45) is 0 Å². The Hall–Kier alpha value is -0.410. The third-order valence-corrected chi connectivity index (χ3v) is 6.79. The molecule has 1 N–H and O–H groups in total. The number of hydrazine groups is 1. The first kappa shape index (κ1) is 31.6. The fraction of sp³-hybridized carbons (Fsp3) is 0.966. The van der Waals surface area contributed by atoms with Gasteiger partial charge >= 0.3 is 0 Å². The molecule has 3 heteroatoms. The Bertz CT molecular complexity index is 372. The van der Waals surface area contributed by atoms with Crippen LogP contribution >= 0.6 is 0 Å². The van der Waals surface area contributed by atoms with Crippen molar-refractivity contribution in [2.75, 3.05) is 20.1 Å². The van der Waals surface area contributed by atoms with E-state index in [9.17, 15) is 4.79 Å². The molecule has 0 bridgehead atoms. The molecule has 0 rings (SSSR count). The molecular formula is C29H60N2O. The lowest BCUT2D eigenvalue weighted by molar-refractivity contribution is -0.119. The fourth-order valence-corrected chi connectivity index (χ4v) is 4.51. The highest BCUT2D eigenvalue weighted by Gasteiger charge is 2.04. The maximum atomic E-state index is 12.1. The molecule has 0 amide bonds. The number of Topliss-reactive ketones (excluding diaryl/α,β-unsaturated/α-hetero) is 1. The molecule has 0 saturated heterocycles. The molecule has 0 aromatic carbocycles. The van der Waals surface area contributed by atoms with Crippen molar-refractivity contribution in [1.29, 1.82) is 0 Å². The fourth-order valence-electron chi connectivity index (χ4n) is 4.51. The summed E-state index contributed by atoms with van der Waals surface area (Å²) >= 11 is 0. The van der Waals surface area contributed by atoms with Crippen molar-refractivity contribution in [3.63, 3.8) is 0 Å². The van der Waals surface area contributed by atoms with Gasteiger partial charge in [0.2, 0.25) is 0 Å². The van der Waals surface area contributed by atoms with Gasteiger partial charge in [0.1, 0.15) is 5.78 Å². The Morgan fingerprint density at radius 2 is 0.812 bits per heavy atom. The Morgan fingerprint density at radius 1 is 0.500 bits per heavy atom. The molecule has 0 atom stereocenters. The van der Waals surface area contributed by atoms with Gasteiger partial charge in [0.15, 0.2) is 0 Å². The molecule has 0 heterocycles. The number of carbonyl (C=O) groups is 1. The normalized spacial score (nSPS) is 11.5. The minimum absolute atomic E-state index is 0.505. The van der Waals surface area contributed by atoms with Crippen LogP contribution in [0.25, 0.3) is 0 Å². The van der Waals surface area contributed by atoms with Crippen molar-refractivity contribution < 1.29 is 4.79 Å². The predicted molar refractivity (Wildman–Crippen MR) is 143 cm³/mol. The smallest absolute Gasteiger partial charge is 0.132 e. The average molecular weight is 453 g/mol. The number of ketones is 1. The zero-order valence-electron chi connectivity index (χ0n) is 22.5. The summed E-state index contributed by atoms with van der Waals surface area (Å²) in [6.07, 6.45) is 29.4. The second-order valence-electron chi connectivity index (χ2n) is 9.97. The number of hydrogen-bond donors (Lipinski definition) is 1. The van der Waals surface area contributed by atoms with Crippen molar-refractivity contribution in [3.8, 4) is 0 Å². The van der Waals surface area contributed by atoms with Gasteiger partial charge in [0.25, 0.3) is 0 Å². The summed E-state index contributed by atoms with van der Waals surface area (Å²) in [5.41, 5.74) is 3.36. The number of carbonyl (C=O) groups excluding carboxylic acids is 1. The molecule has 0 radical (unpaired) electrons. The van der Waals surface area contributed by atoms with Crippen LogP contribution in [0.4, 0.5) is 0 Å². The van der Waals surface area contributed by atoms with Gasteiger partial charge in [0, 0.05) is 25.9 Å². The van der Waals surface area contributed by atoms with E-state index in [0.29, 0.717) is 5.78 Å². The van der Waals surface area contributed by atoms with E-state index in [1.54, 1.807) is 0 Å². The van der Waals surface area contributed by atoms with E-state index in [0.717, 1.165) is 32.2 Å². The van der Waals surface area contributed by atoms with Gasteiger partial charge in [-0.25, -0.2) is 5.01 Å². The van der Waals surface area contributed by atoms with E-state index in [4.69, 9.17) is 0 Å². The lowest BCUT2D eigenvalue weighted by Crippen LogP contribution is -2.36. The minimum atomic E-state index is 0.505. The minimum Gasteiger partial charge on any atom is -0.300 e. The summed E-state index contributed by atoms with van der Waals surface area (Å²) in [5.74, 6) is 0.505. The molecule has 32 heavy (non-hydrogen) atoms. The predicted octanol–water partition coefficient (Wildman–Crippen LogP) is 9.00. The molecule has 0 fully saturated rings. The van der Waals surface area contributed by atoms with Crippen LogP contribution in [-0.2, 0) is 4.79 Å². The summed E-state index contributed by atoms with van der Waals surface area (Å²) in [7, 11) is 2.05. The molecule has 0 aromatic heterocycles. The summed E-state index contributed by atoms with van der Waals surface area (Å²) < 4.78 is 0. The van der Waals surface area contributed by atoms with Crippen LogP contribution in [0.2, 0.25) is 0 Å². The first-order valence-electron chi connectivity index (χ1n) is 14.7. The zero-order chi connectivity index (χ0) is 23.5. The summed E-state index contributed by atoms with van der Waals surface area (Å²) in [6.45, 7) is 6.89. The van der Waals surface area contributed by atoms with Gasteiger partial charge in [-0.05, 0) is 32.7 Å². The number of rotatable bonds is 27. The van der Waals surface area contributed by atoms with Crippen LogP contribution in [0.1, 0.15) is 162 Å². The van der Waals surface area contributed by atoms with Gasteiger partial charge in [-0.1, -0.05) is 123 Å². The molecular weight excluding hydrogens is 392 g/mol. The quantitative estimate of drug-likeness (QED) is 0.0996. The topological polar surface area (TPSA) is 32.3 Å². The lowest BCUT2D eigenvalue weighted by atomic mass is 10.0. The number of nitrogens with one attached hydrogen (secondary N) is 1. The van der Waals surface area contributed by atoms with Crippen molar-refractivity contribution in [2.45, 2.75) is 162 Å². The van der Waals surface area contributed by atoms with Crippen LogP contribution in [0.5, 0.6) is 0 Å². The van der Waals surface area contributed by atoms with Gasteiger partial charge in [-0.3, -0.25) is 10.2 Å². The van der Waals surface area contributed by atoms with Crippen molar-refractivity contribution in [1.82, 2.24) is 10.4 Å². The van der Waals surface area contributed by atoms with Gasteiger partial charge in [-0.2, -0.15) is 0 Å². The lowest BCUT2D eigenvalue weighted by Gasteiger charge is -2.20. The SMILES string of the molecule is CCCCCCCCCCCCC(=O)CCCCCCCN(CCCCCCCC)NC. The molecule has 0 unspecified atom stereocenters. The van der Waals surface area contributed by atoms with E-state index < -0.39 is 0 Å². The Balaban J connectivity index is 3.35. The molecule has 0 saturated carbocycles. The highest BCUT2D eigenvalue weighted by Crippen LogP contribution is 2.13. The second kappa shape index (κ2) is 26.8. The second-order valence-corrected chi connectivity index (χ2v) is 9.97. The first-order valence-corrected chi connectivity index (χ1v) is 14.7. The van der Waals surface area contributed by atoms with Crippen LogP contribution < -0.4 is 5.43 Å². The van der Waals surface area contributed by atoms with Crippen LogP contribution in [0, 0.1) is 0 Å². The number of nitrogens with zero attached hydrogens (tertiary/aromatic N) is 1. The van der Waals surface area contributed by atoms with Crippen molar-refractivity contribution in [3.05, 3.63) is 0 Å². The number of hydrogen-bond acceptors (Lipinski definition) is 3. The Kier molecular flexibility index (Phi) is 26.5. The Morgan fingerprint density at radius 3 is 1.16 bits per heavy atom. The van der Waals surface area contributed by atoms with Gasteiger partial charge in [0.05, 0.1) is 0 Å². The molecule has 0 aliphatic rings. The maximum Gasteiger partial charge on any atom is 0.132 e. The van der Waals surface area contributed by atoms with Gasteiger partial charge < -0.3 is 0 Å². The highest BCUT2D eigenvalue weighted by molar-refractivity contribution is 5.78. The highest BCUT2D eigenvalue weighted by atomic mass is 16.1. The Labute approximate surface area is 202 Å². The van der Waals surface area contributed by atoms with E-state index in [1.807, 2.05) is 0 Å². The standard InChI is InChI=1S/C29H60N2O/c1-4-6-8-10-12-13-14-15-17-21-25-29(32)26-22-18-16-20-24-28-31(30-3)27-23-19-11-9-7-5-2/h30H,4-28H2,1-3H3. The van der Waals surface area contributed by atoms with E-state index >= 15 is 0 Å². The monoisotopic (exact) mass is 452 g/mol. The zero-order valence-corrected chi connectivity index (χ0v) is 22.5. The first-order chi connectivity index (χ1) is 15.7. The molecule has 3 nitrogen and oxygen atoms in total. The number of unbranched alkanes of at least 4 members (excludes halogenated alkanes) is 18. The van der Waals surface area contributed by atoms with Crippen molar-refractivity contribution >= 4 is 5.78 Å². The summed E-state index contributed by atoms with van der Waals surface area (Å²) in [4.78, 5) is 12.1. The van der Waals surface area contributed by atoms with Crippen LogP contribution in [0.15, 0.2) is 0 Å². The van der Waals surface area contributed by atoms with Crippen LogP contribution in [0.3, 0.4) is 0 Å². The third-order valence-electron chi connectivity index (χ3n) is 6.79. The molecule has 192 valence electrons. The molecule has 0 aromatic rings. The largest absolute Gasteiger partial charge is 0.300 e. The van der Waals surface area contributed by atoms with Crippen LogP contribution in [-0.4, -0.2) is 30.9 Å². The maximum absolute atomic E-state index is 12.1. The summed E-state index contributed by atoms with van der Waals surface area (Å²) in [6, 6.07) is 0. The molecule has 0 spiro atoms. The van der Waals surface area contributed by atoms with Gasteiger partial charge in [-0.15, -0.1) is 0 Å². The third kappa shape index (κ3) is 24.2. The molecule has 0 aliphatic heterocycles.